The van der Waals surface area contributed by atoms with Crippen LogP contribution in [0.15, 0.2) is 54.7 Å². The fourth-order valence-corrected chi connectivity index (χ4v) is 2.48. The minimum Gasteiger partial charge on any atom is -0.353 e. The zero-order valence-corrected chi connectivity index (χ0v) is 9.14. The predicted molar refractivity (Wildman–Crippen MR) is 71.1 cm³/mol. The number of pyridine rings is 1. The third kappa shape index (κ3) is 1.12. The van der Waals surface area contributed by atoms with Crippen molar-refractivity contribution in [3.05, 3.63) is 54.7 Å². The SMILES string of the molecule is c1ccc2c(c1)ccc1[nH]c3cccnc3c12. The van der Waals surface area contributed by atoms with Crippen LogP contribution in [0, 0.1) is 0 Å². The molecule has 0 amide bonds. The van der Waals surface area contributed by atoms with E-state index >= 15 is 0 Å². The summed E-state index contributed by atoms with van der Waals surface area (Å²) in [4.78, 5) is 7.90. The molecule has 0 saturated heterocycles. The predicted octanol–water partition coefficient (Wildman–Crippen LogP) is 3.87. The molecule has 80 valence electrons. The summed E-state index contributed by atoms with van der Waals surface area (Å²) in [7, 11) is 0. The summed E-state index contributed by atoms with van der Waals surface area (Å²) in [5, 5.41) is 3.74. The second-order valence-electron chi connectivity index (χ2n) is 4.23. The molecule has 0 radical (unpaired) electrons. The lowest BCUT2D eigenvalue weighted by molar-refractivity contribution is 1.42. The maximum atomic E-state index is 4.49. The number of nitrogens with one attached hydrogen (secondary N) is 1. The molecule has 0 saturated carbocycles. The van der Waals surface area contributed by atoms with Crippen LogP contribution in [-0.2, 0) is 0 Å². The van der Waals surface area contributed by atoms with Crippen molar-refractivity contribution in [3.63, 3.8) is 0 Å². The summed E-state index contributed by atoms with van der Waals surface area (Å²) in [5.41, 5.74) is 3.30. The van der Waals surface area contributed by atoms with E-state index in [1.54, 1.807) is 0 Å². The van der Waals surface area contributed by atoms with Crippen LogP contribution in [0.3, 0.4) is 0 Å². The van der Waals surface area contributed by atoms with E-state index in [1.165, 1.54) is 16.2 Å². The quantitative estimate of drug-likeness (QED) is 0.477. The van der Waals surface area contributed by atoms with Crippen molar-refractivity contribution >= 4 is 32.7 Å². The Labute approximate surface area is 97.9 Å². The van der Waals surface area contributed by atoms with Gasteiger partial charge in [-0.3, -0.25) is 4.98 Å². The summed E-state index contributed by atoms with van der Waals surface area (Å²) in [5.74, 6) is 0. The number of nitrogens with zero attached hydrogens (tertiary/aromatic N) is 1. The van der Waals surface area contributed by atoms with Crippen molar-refractivity contribution in [1.82, 2.24) is 9.97 Å². The molecule has 2 heteroatoms. The van der Waals surface area contributed by atoms with Gasteiger partial charge in [0.2, 0.25) is 0 Å². The molecule has 0 aliphatic heterocycles. The average molecular weight is 218 g/mol. The molecule has 17 heavy (non-hydrogen) atoms. The van der Waals surface area contributed by atoms with Crippen LogP contribution in [-0.4, -0.2) is 9.97 Å². The van der Waals surface area contributed by atoms with E-state index in [2.05, 4.69) is 52.4 Å². The fraction of sp³-hybridized carbons (Fsp3) is 0. The highest BCUT2D eigenvalue weighted by atomic mass is 14.8. The van der Waals surface area contributed by atoms with Gasteiger partial charge in [-0.05, 0) is 29.0 Å². The third-order valence-electron chi connectivity index (χ3n) is 3.24. The van der Waals surface area contributed by atoms with Gasteiger partial charge in [0.1, 0.15) is 0 Å². The highest BCUT2D eigenvalue weighted by Crippen LogP contribution is 2.30. The van der Waals surface area contributed by atoms with Crippen molar-refractivity contribution in [1.29, 1.82) is 0 Å². The van der Waals surface area contributed by atoms with E-state index in [4.69, 9.17) is 0 Å². The number of aromatic amines is 1. The van der Waals surface area contributed by atoms with E-state index in [9.17, 15) is 0 Å². The topological polar surface area (TPSA) is 28.7 Å². The standard InChI is InChI=1S/C15H10N2/c1-2-5-11-10(4-1)7-8-12-14(11)15-13(17-12)6-3-9-16-15/h1-9,17H. The van der Waals surface area contributed by atoms with Gasteiger partial charge in [-0.1, -0.05) is 30.3 Å². The fourth-order valence-electron chi connectivity index (χ4n) is 2.48. The van der Waals surface area contributed by atoms with Crippen molar-refractivity contribution < 1.29 is 0 Å². The van der Waals surface area contributed by atoms with Crippen LogP contribution < -0.4 is 0 Å². The van der Waals surface area contributed by atoms with E-state index in [-0.39, 0.29) is 0 Å². The largest absolute Gasteiger partial charge is 0.353 e. The summed E-state index contributed by atoms with van der Waals surface area (Å²) in [6.07, 6.45) is 1.84. The van der Waals surface area contributed by atoms with Crippen molar-refractivity contribution in [3.8, 4) is 0 Å². The van der Waals surface area contributed by atoms with Gasteiger partial charge in [-0.25, -0.2) is 0 Å². The van der Waals surface area contributed by atoms with Crippen LogP contribution in [0.1, 0.15) is 0 Å². The summed E-state index contributed by atoms with van der Waals surface area (Å²) < 4.78 is 0. The van der Waals surface area contributed by atoms with Crippen molar-refractivity contribution in [2.24, 2.45) is 0 Å². The Morgan fingerprint density at radius 1 is 0.824 bits per heavy atom. The number of H-pyrrole nitrogens is 1. The molecule has 2 heterocycles. The molecule has 2 aromatic carbocycles. The van der Waals surface area contributed by atoms with Crippen LogP contribution in [0.2, 0.25) is 0 Å². The van der Waals surface area contributed by atoms with Gasteiger partial charge in [-0.2, -0.15) is 0 Å². The van der Waals surface area contributed by atoms with Crippen LogP contribution in [0.4, 0.5) is 0 Å². The van der Waals surface area contributed by atoms with E-state index < -0.39 is 0 Å². The first-order valence-corrected chi connectivity index (χ1v) is 5.68. The molecule has 0 unspecified atom stereocenters. The van der Waals surface area contributed by atoms with Gasteiger partial charge in [-0.15, -0.1) is 0 Å². The highest BCUT2D eigenvalue weighted by molar-refractivity contribution is 6.18. The van der Waals surface area contributed by atoms with Crippen molar-refractivity contribution in [2.45, 2.75) is 0 Å². The zero-order chi connectivity index (χ0) is 11.2. The Hall–Kier alpha value is -2.35. The van der Waals surface area contributed by atoms with Crippen molar-refractivity contribution in [2.75, 3.05) is 0 Å². The first-order chi connectivity index (χ1) is 8.43. The molecular formula is C15H10N2. The molecule has 0 atom stereocenters. The number of rotatable bonds is 0. The zero-order valence-electron chi connectivity index (χ0n) is 9.14. The van der Waals surface area contributed by atoms with Crippen LogP contribution in [0.25, 0.3) is 32.7 Å². The molecule has 0 bridgehead atoms. The molecule has 0 aliphatic carbocycles. The second-order valence-corrected chi connectivity index (χ2v) is 4.23. The molecule has 4 rings (SSSR count). The Morgan fingerprint density at radius 2 is 1.76 bits per heavy atom. The number of fused-ring (bicyclic) bond motifs is 5. The number of aromatic nitrogens is 2. The Kier molecular flexibility index (Phi) is 1.59. The van der Waals surface area contributed by atoms with Gasteiger partial charge in [0.25, 0.3) is 0 Å². The van der Waals surface area contributed by atoms with Gasteiger partial charge in [0.05, 0.1) is 11.0 Å². The van der Waals surface area contributed by atoms with Crippen LogP contribution in [0.5, 0.6) is 0 Å². The molecular weight excluding hydrogens is 208 g/mol. The monoisotopic (exact) mass is 218 g/mol. The van der Waals surface area contributed by atoms with Gasteiger partial charge >= 0.3 is 0 Å². The highest BCUT2D eigenvalue weighted by Gasteiger charge is 2.07. The number of benzene rings is 2. The first kappa shape index (κ1) is 8.76. The normalized spacial score (nSPS) is 11.5. The lowest BCUT2D eigenvalue weighted by Crippen LogP contribution is -1.75. The van der Waals surface area contributed by atoms with Gasteiger partial charge in [0, 0.05) is 17.1 Å². The maximum absolute atomic E-state index is 4.49. The Bertz CT molecular complexity index is 837. The summed E-state index contributed by atoms with van der Waals surface area (Å²) in [6, 6.07) is 16.7. The third-order valence-corrected chi connectivity index (χ3v) is 3.24. The molecule has 0 fully saturated rings. The number of hydrogen-bond donors (Lipinski definition) is 1. The first-order valence-electron chi connectivity index (χ1n) is 5.68. The van der Waals surface area contributed by atoms with Crippen LogP contribution >= 0.6 is 0 Å². The minimum atomic E-state index is 1.05. The van der Waals surface area contributed by atoms with E-state index in [0.717, 1.165) is 16.6 Å². The molecule has 0 spiro atoms. The Balaban J connectivity index is 2.38. The molecule has 4 aromatic rings. The van der Waals surface area contributed by atoms with E-state index in [1.807, 2.05) is 12.3 Å². The van der Waals surface area contributed by atoms with E-state index in [0.29, 0.717) is 0 Å². The summed E-state index contributed by atoms with van der Waals surface area (Å²) in [6.45, 7) is 0. The lowest BCUT2D eigenvalue weighted by Gasteiger charge is -1.98. The van der Waals surface area contributed by atoms with Gasteiger partial charge in [0.15, 0.2) is 0 Å². The minimum absolute atomic E-state index is 1.05. The molecule has 0 aliphatic rings. The smallest absolute Gasteiger partial charge is 0.0963 e. The Morgan fingerprint density at radius 3 is 2.76 bits per heavy atom. The maximum Gasteiger partial charge on any atom is 0.0963 e. The molecule has 1 N–H and O–H groups in total. The average Bonchev–Trinajstić information content (AvgIpc) is 2.77. The lowest BCUT2D eigenvalue weighted by atomic mass is 10.1. The number of hydrogen-bond acceptors (Lipinski definition) is 1. The van der Waals surface area contributed by atoms with Gasteiger partial charge < -0.3 is 4.98 Å². The summed E-state index contributed by atoms with van der Waals surface area (Å²) >= 11 is 0. The molecule has 2 nitrogen and oxygen atoms in total. The molecule has 2 aromatic heterocycles. The second kappa shape index (κ2) is 3.08.